The molecule has 0 saturated heterocycles. The van der Waals surface area contributed by atoms with Crippen LogP contribution in [0.5, 0.6) is 0 Å². The van der Waals surface area contributed by atoms with Gasteiger partial charge in [0.15, 0.2) is 6.29 Å². The average molecular weight is 270 g/mol. The maximum absolute atomic E-state index is 9.20. The second-order valence-electron chi connectivity index (χ2n) is 4.07. The van der Waals surface area contributed by atoms with E-state index in [0.717, 1.165) is 12.8 Å². The molecule has 19 heavy (non-hydrogen) atoms. The highest BCUT2D eigenvalue weighted by Gasteiger charge is 2.11. The molecule has 0 saturated carbocycles. The lowest BCUT2D eigenvalue weighted by Crippen LogP contribution is -2.26. The van der Waals surface area contributed by atoms with Crippen LogP contribution < -0.4 is 0 Å². The summed E-state index contributed by atoms with van der Waals surface area (Å²) in [5, 5.41) is 9.20. The predicted molar refractivity (Wildman–Crippen MR) is 76.9 cm³/mol. The van der Waals surface area contributed by atoms with Crippen molar-refractivity contribution < 1.29 is 19.3 Å². The zero-order valence-electron chi connectivity index (χ0n) is 11.8. The van der Waals surface area contributed by atoms with E-state index in [1.54, 1.807) is 12.2 Å². The Morgan fingerprint density at radius 2 is 1.53 bits per heavy atom. The molecule has 0 bridgehead atoms. The summed E-state index contributed by atoms with van der Waals surface area (Å²) in [4.78, 5) is 0. The summed E-state index contributed by atoms with van der Waals surface area (Å²) in [5.41, 5.74) is 0. The average Bonchev–Trinajstić information content (AvgIpc) is 2.45. The molecule has 0 aromatic heterocycles. The molecular formula is C15H26O4. The molecule has 0 aliphatic carbocycles. The van der Waals surface area contributed by atoms with E-state index in [-0.39, 0.29) is 18.8 Å². The SMILES string of the molecule is C=CC(O)OCC(C=C)OCC(C=C)OCCCC. The number of unbranched alkanes of at least 4 members (excludes halogenated alkanes) is 1. The Balaban J connectivity index is 3.91. The van der Waals surface area contributed by atoms with Gasteiger partial charge in [0.05, 0.1) is 25.4 Å². The smallest absolute Gasteiger partial charge is 0.173 e. The Morgan fingerprint density at radius 3 is 2.05 bits per heavy atom. The van der Waals surface area contributed by atoms with E-state index in [1.165, 1.54) is 6.08 Å². The van der Waals surface area contributed by atoms with Crippen molar-refractivity contribution in [3.05, 3.63) is 38.0 Å². The van der Waals surface area contributed by atoms with Crippen LogP contribution >= 0.6 is 0 Å². The molecule has 3 unspecified atom stereocenters. The predicted octanol–water partition coefficient (Wildman–Crippen LogP) is 2.45. The maximum atomic E-state index is 9.20. The fraction of sp³-hybridized carbons (Fsp3) is 0.600. The lowest BCUT2D eigenvalue weighted by Gasteiger charge is -2.19. The van der Waals surface area contributed by atoms with Crippen molar-refractivity contribution in [3.8, 4) is 0 Å². The molecule has 0 aromatic carbocycles. The highest BCUT2D eigenvalue weighted by atomic mass is 16.6. The minimum atomic E-state index is -0.984. The third kappa shape index (κ3) is 9.62. The molecule has 0 radical (unpaired) electrons. The summed E-state index contributed by atoms with van der Waals surface area (Å²) in [6.07, 6.45) is 5.34. The van der Waals surface area contributed by atoms with Crippen molar-refractivity contribution in [3.63, 3.8) is 0 Å². The van der Waals surface area contributed by atoms with Crippen LogP contribution in [-0.4, -0.2) is 43.4 Å². The van der Waals surface area contributed by atoms with Crippen LogP contribution in [0.3, 0.4) is 0 Å². The minimum Gasteiger partial charge on any atom is -0.372 e. The first-order valence-corrected chi connectivity index (χ1v) is 6.58. The number of aliphatic hydroxyl groups is 1. The molecule has 4 heteroatoms. The molecule has 0 spiro atoms. The van der Waals surface area contributed by atoms with Crippen LogP contribution in [0.4, 0.5) is 0 Å². The van der Waals surface area contributed by atoms with E-state index >= 15 is 0 Å². The normalized spacial score (nSPS) is 15.5. The van der Waals surface area contributed by atoms with Gasteiger partial charge in [-0.1, -0.05) is 32.1 Å². The highest BCUT2D eigenvalue weighted by molar-refractivity contribution is 4.84. The van der Waals surface area contributed by atoms with E-state index in [0.29, 0.717) is 13.2 Å². The summed E-state index contributed by atoms with van der Waals surface area (Å²) in [5.74, 6) is 0. The van der Waals surface area contributed by atoms with Crippen LogP contribution in [0.15, 0.2) is 38.0 Å². The van der Waals surface area contributed by atoms with Crippen LogP contribution in [-0.2, 0) is 14.2 Å². The van der Waals surface area contributed by atoms with Crippen molar-refractivity contribution in [2.24, 2.45) is 0 Å². The number of ether oxygens (including phenoxy) is 3. The molecule has 0 fully saturated rings. The van der Waals surface area contributed by atoms with Gasteiger partial charge >= 0.3 is 0 Å². The van der Waals surface area contributed by atoms with E-state index in [9.17, 15) is 5.11 Å². The van der Waals surface area contributed by atoms with Gasteiger partial charge in [-0.05, 0) is 12.5 Å². The number of hydrogen-bond acceptors (Lipinski definition) is 4. The van der Waals surface area contributed by atoms with Gasteiger partial charge in [0.1, 0.15) is 0 Å². The summed E-state index contributed by atoms with van der Waals surface area (Å²) >= 11 is 0. The minimum absolute atomic E-state index is 0.140. The third-order valence-corrected chi connectivity index (χ3v) is 2.46. The molecule has 1 N–H and O–H groups in total. The van der Waals surface area contributed by atoms with Crippen LogP contribution in [0.25, 0.3) is 0 Å². The molecule has 0 aliphatic heterocycles. The van der Waals surface area contributed by atoms with Crippen molar-refractivity contribution >= 4 is 0 Å². The van der Waals surface area contributed by atoms with Gasteiger partial charge in [-0.2, -0.15) is 0 Å². The lowest BCUT2D eigenvalue weighted by atomic mass is 10.3. The molecule has 4 nitrogen and oxygen atoms in total. The first kappa shape index (κ1) is 18.1. The van der Waals surface area contributed by atoms with Gasteiger partial charge < -0.3 is 19.3 Å². The Kier molecular flexibility index (Phi) is 11.5. The van der Waals surface area contributed by atoms with Gasteiger partial charge in [0.25, 0.3) is 0 Å². The zero-order valence-corrected chi connectivity index (χ0v) is 11.8. The van der Waals surface area contributed by atoms with Gasteiger partial charge in [0, 0.05) is 6.61 Å². The number of hydrogen-bond donors (Lipinski definition) is 1. The Bertz CT molecular complexity index is 253. The Morgan fingerprint density at radius 1 is 0.947 bits per heavy atom. The Hall–Kier alpha value is -0.940. The third-order valence-electron chi connectivity index (χ3n) is 2.46. The van der Waals surface area contributed by atoms with E-state index in [4.69, 9.17) is 14.2 Å². The van der Waals surface area contributed by atoms with Crippen LogP contribution in [0.2, 0.25) is 0 Å². The van der Waals surface area contributed by atoms with Crippen molar-refractivity contribution in [2.75, 3.05) is 19.8 Å². The van der Waals surface area contributed by atoms with Crippen molar-refractivity contribution in [2.45, 2.75) is 38.3 Å². The maximum Gasteiger partial charge on any atom is 0.173 e. The quantitative estimate of drug-likeness (QED) is 0.317. The largest absolute Gasteiger partial charge is 0.372 e. The van der Waals surface area contributed by atoms with Crippen LogP contribution in [0.1, 0.15) is 19.8 Å². The fourth-order valence-corrected chi connectivity index (χ4v) is 1.23. The Labute approximate surface area is 116 Å². The van der Waals surface area contributed by atoms with Crippen molar-refractivity contribution in [1.29, 1.82) is 0 Å². The summed E-state index contributed by atoms with van der Waals surface area (Å²) < 4.78 is 16.3. The van der Waals surface area contributed by atoms with E-state index < -0.39 is 6.29 Å². The highest BCUT2D eigenvalue weighted by Crippen LogP contribution is 2.03. The van der Waals surface area contributed by atoms with Gasteiger partial charge in [-0.3, -0.25) is 0 Å². The lowest BCUT2D eigenvalue weighted by molar-refractivity contribution is -0.103. The fourth-order valence-electron chi connectivity index (χ4n) is 1.23. The molecule has 0 rings (SSSR count). The van der Waals surface area contributed by atoms with Crippen LogP contribution in [0, 0.1) is 0 Å². The first-order valence-electron chi connectivity index (χ1n) is 6.58. The first-order chi connectivity index (χ1) is 9.17. The standard InChI is InChI=1S/C15H26O4/c1-5-9-10-17-13(6-2)11-18-14(7-3)12-19-15(16)8-4/h6-8,13-16H,2-5,9-12H2,1H3. The van der Waals surface area contributed by atoms with Gasteiger partial charge in [0.2, 0.25) is 0 Å². The van der Waals surface area contributed by atoms with Gasteiger partial charge in [-0.15, -0.1) is 13.2 Å². The topological polar surface area (TPSA) is 47.9 Å². The zero-order chi connectivity index (χ0) is 14.5. The molecule has 110 valence electrons. The molecule has 0 aliphatic rings. The van der Waals surface area contributed by atoms with Gasteiger partial charge in [-0.25, -0.2) is 0 Å². The molecule has 0 heterocycles. The summed E-state index contributed by atoms with van der Waals surface area (Å²) in [6.45, 7) is 14.2. The summed E-state index contributed by atoms with van der Waals surface area (Å²) in [7, 11) is 0. The number of aliphatic hydroxyl groups excluding tert-OH is 1. The van der Waals surface area contributed by atoms with Crippen molar-refractivity contribution in [1.82, 2.24) is 0 Å². The van der Waals surface area contributed by atoms with E-state index in [1.807, 2.05) is 0 Å². The second-order valence-corrected chi connectivity index (χ2v) is 4.07. The molecule has 0 amide bonds. The molecular weight excluding hydrogens is 244 g/mol. The molecule has 3 atom stereocenters. The number of rotatable bonds is 13. The van der Waals surface area contributed by atoms with E-state index in [2.05, 4.69) is 26.7 Å². The second kappa shape index (κ2) is 12.1. The monoisotopic (exact) mass is 270 g/mol. The molecule has 0 aromatic rings. The summed E-state index contributed by atoms with van der Waals surface area (Å²) in [6, 6.07) is 0.